The average Bonchev–Trinajstić information content (AvgIpc) is 2.31. The highest BCUT2D eigenvalue weighted by Gasteiger charge is 2.12. The molecule has 3 N–H and O–H groups in total. The van der Waals surface area contributed by atoms with Crippen LogP contribution in [0.25, 0.3) is 0 Å². The number of carbonyl (C=O) groups is 1. The number of rotatable bonds is 3. The predicted octanol–water partition coefficient (Wildman–Crippen LogP) is 1.97. The smallest absolute Gasteiger partial charge is 0.339 e. The Morgan fingerprint density at radius 3 is 2.83 bits per heavy atom. The second-order valence-electron chi connectivity index (χ2n) is 3.43. The first-order valence-corrected chi connectivity index (χ1v) is 5.71. The molecule has 0 aliphatic heterocycles. The number of carboxylic acid groups (broad SMARTS) is 1. The van der Waals surface area contributed by atoms with E-state index in [2.05, 4.69) is 31.4 Å². The van der Waals surface area contributed by atoms with Gasteiger partial charge in [0.15, 0.2) is 5.82 Å². The van der Waals surface area contributed by atoms with Gasteiger partial charge in [-0.15, -0.1) is 0 Å². The van der Waals surface area contributed by atoms with Crippen molar-refractivity contribution in [1.29, 1.82) is 0 Å². The first-order valence-electron chi connectivity index (χ1n) is 4.92. The zero-order chi connectivity index (χ0) is 13.1. The minimum absolute atomic E-state index is 0.0835. The zero-order valence-corrected chi connectivity index (χ0v) is 10.6. The van der Waals surface area contributed by atoms with Gasteiger partial charge in [0, 0.05) is 16.2 Å². The Labute approximate surface area is 110 Å². The summed E-state index contributed by atoms with van der Waals surface area (Å²) in [4.78, 5) is 22.0. The number of H-pyrrole nitrogens is 1. The van der Waals surface area contributed by atoms with Crippen LogP contribution in [-0.2, 0) is 0 Å². The number of carboxylic acids is 1. The van der Waals surface area contributed by atoms with Gasteiger partial charge in [-0.3, -0.25) is 4.79 Å². The molecule has 7 heteroatoms. The van der Waals surface area contributed by atoms with E-state index < -0.39 is 11.5 Å². The lowest BCUT2D eigenvalue weighted by Crippen LogP contribution is -2.14. The van der Waals surface area contributed by atoms with E-state index in [1.54, 1.807) is 18.2 Å². The quantitative estimate of drug-likeness (QED) is 0.805. The standard InChI is InChI=1S/C11H8BrN3O3/c12-6-2-1-3-7(4-6)13-10-8(11(17)18)5-9(16)14-15-10/h1-5H,(H,13,15)(H,14,16)(H,17,18). The van der Waals surface area contributed by atoms with Crippen molar-refractivity contribution in [3.63, 3.8) is 0 Å². The molecule has 1 aromatic carbocycles. The summed E-state index contributed by atoms with van der Waals surface area (Å²) >= 11 is 3.30. The minimum atomic E-state index is -1.22. The van der Waals surface area contributed by atoms with Gasteiger partial charge in [0.25, 0.3) is 5.56 Å². The van der Waals surface area contributed by atoms with Crippen molar-refractivity contribution in [2.75, 3.05) is 5.32 Å². The van der Waals surface area contributed by atoms with Gasteiger partial charge in [-0.2, -0.15) is 5.10 Å². The van der Waals surface area contributed by atoms with Crippen LogP contribution in [0.15, 0.2) is 39.6 Å². The van der Waals surface area contributed by atoms with Crippen LogP contribution in [0.5, 0.6) is 0 Å². The molecule has 0 atom stereocenters. The van der Waals surface area contributed by atoms with Gasteiger partial charge < -0.3 is 10.4 Å². The Kier molecular flexibility index (Phi) is 3.42. The second-order valence-corrected chi connectivity index (χ2v) is 4.35. The molecule has 0 spiro atoms. The van der Waals surface area contributed by atoms with E-state index in [4.69, 9.17) is 5.11 Å². The molecular weight excluding hydrogens is 302 g/mol. The third kappa shape index (κ3) is 2.75. The molecule has 0 radical (unpaired) electrons. The highest BCUT2D eigenvalue weighted by molar-refractivity contribution is 9.10. The number of aromatic amines is 1. The van der Waals surface area contributed by atoms with Crippen molar-refractivity contribution in [3.05, 3.63) is 50.7 Å². The monoisotopic (exact) mass is 309 g/mol. The third-order valence-electron chi connectivity index (χ3n) is 2.13. The maximum atomic E-state index is 11.0. The van der Waals surface area contributed by atoms with Crippen molar-refractivity contribution in [2.45, 2.75) is 0 Å². The highest BCUT2D eigenvalue weighted by Crippen LogP contribution is 2.20. The molecule has 1 aromatic heterocycles. The van der Waals surface area contributed by atoms with Crippen LogP contribution >= 0.6 is 15.9 Å². The van der Waals surface area contributed by atoms with Gasteiger partial charge in [-0.1, -0.05) is 22.0 Å². The van der Waals surface area contributed by atoms with E-state index in [-0.39, 0.29) is 11.4 Å². The first kappa shape index (κ1) is 12.3. The molecule has 92 valence electrons. The number of hydrogen-bond acceptors (Lipinski definition) is 4. The number of nitrogens with zero attached hydrogens (tertiary/aromatic N) is 1. The summed E-state index contributed by atoms with van der Waals surface area (Å²) in [5.74, 6) is -1.13. The van der Waals surface area contributed by atoms with Crippen LogP contribution < -0.4 is 10.9 Å². The van der Waals surface area contributed by atoms with Crippen molar-refractivity contribution < 1.29 is 9.90 Å². The number of halogens is 1. The number of aromatic carboxylic acids is 1. The van der Waals surface area contributed by atoms with Crippen LogP contribution in [0.3, 0.4) is 0 Å². The number of benzene rings is 1. The van der Waals surface area contributed by atoms with Crippen LogP contribution in [-0.4, -0.2) is 21.3 Å². The lowest BCUT2D eigenvalue weighted by atomic mass is 10.2. The fourth-order valence-corrected chi connectivity index (χ4v) is 1.76. The average molecular weight is 310 g/mol. The first-order chi connectivity index (χ1) is 8.56. The number of aromatic nitrogens is 2. The summed E-state index contributed by atoms with van der Waals surface area (Å²) in [5, 5.41) is 17.7. The van der Waals surface area contributed by atoms with E-state index in [0.29, 0.717) is 5.69 Å². The molecule has 0 unspecified atom stereocenters. The highest BCUT2D eigenvalue weighted by atomic mass is 79.9. The molecule has 1 heterocycles. The summed E-state index contributed by atoms with van der Waals surface area (Å²) in [5.41, 5.74) is -0.0858. The molecular formula is C11H8BrN3O3. The lowest BCUT2D eigenvalue weighted by Gasteiger charge is -2.07. The SMILES string of the molecule is O=C(O)c1cc(=O)[nH]nc1Nc1cccc(Br)c1. The molecule has 18 heavy (non-hydrogen) atoms. The number of hydrogen-bond donors (Lipinski definition) is 3. The topological polar surface area (TPSA) is 95.1 Å². The maximum absolute atomic E-state index is 11.0. The minimum Gasteiger partial charge on any atom is -0.478 e. The molecule has 0 saturated carbocycles. The third-order valence-corrected chi connectivity index (χ3v) is 2.62. The normalized spacial score (nSPS) is 10.1. The fraction of sp³-hybridized carbons (Fsp3) is 0. The molecule has 0 aliphatic rings. The van der Waals surface area contributed by atoms with E-state index in [1.807, 2.05) is 6.07 Å². The molecule has 0 amide bonds. The zero-order valence-electron chi connectivity index (χ0n) is 8.98. The van der Waals surface area contributed by atoms with E-state index in [1.165, 1.54) is 0 Å². The van der Waals surface area contributed by atoms with Crippen molar-refractivity contribution in [2.24, 2.45) is 0 Å². The lowest BCUT2D eigenvalue weighted by molar-refractivity contribution is 0.0697. The van der Waals surface area contributed by atoms with Gasteiger partial charge in [-0.05, 0) is 18.2 Å². The van der Waals surface area contributed by atoms with E-state index >= 15 is 0 Å². The largest absolute Gasteiger partial charge is 0.478 e. The predicted molar refractivity (Wildman–Crippen MR) is 69.2 cm³/mol. The van der Waals surface area contributed by atoms with Crippen LogP contribution in [0.1, 0.15) is 10.4 Å². The van der Waals surface area contributed by atoms with Gasteiger partial charge in [0.2, 0.25) is 0 Å². The number of anilines is 2. The maximum Gasteiger partial charge on any atom is 0.339 e. The molecule has 2 rings (SSSR count). The molecule has 0 bridgehead atoms. The fourth-order valence-electron chi connectivity index (χ4n) is 1.36. The number of nitrogens with one attached hydrogen (secondary N) is 2. The Hall–Kier alpha value is -2.15. The van der Waals surface area contributed by atoms with Crippen molar-refractivity contribution in [3.8, 4) is 0 Å². The van der Waals surface area contributed by atoms with Gasteiger partial charge >= 0.3 is 5.97 Å². The molecule has 0 saturated heterocycles. The Balaban J connectivity index is 2.40. The Bertz CT molecular complexity index is 654. The Morgan fingerprint density at radius 2 is 2.17 bits per heavy atom. The van der Waals surface area contributed by atoms with Crippen LogP contribution in [0.2, 0.25) is 0 Å². The van der Waals surface area contributed by atoms with Crippen LogP contribution in [0.4, 0.5) is 11.5 Å². The van der Waals surface area contributed by atoms with E-state index in [9.17, 15) is 9.59 Å². The summed E-state index contributed by atoms with van der Waals surface area (Å²) in [6.45, 7) is 0. The summed E-state index contributed by atoms with van der Waals surface area (Å²) in [7, 11) is 0. The Morgan fingerprint density at radius 1 is 1.39 bits per heavy atom. The summed E-state index contributed by atoms with van der Waals surface area (Å²) < 4.78 is 0.841. The van der Waals surface area contributed by atoms with Gasteiger partial charge in [0.05, 0.1) is 0 Å². The molecule has 2 aromatic rings. The molecule has 0 fully saturated rings. The summed E-state index contributed by atoms with van der Waals surface area (Å²) in [6.07, 6.45) is 0. The van der Waals surface area contributed by atoms with Gasteiger partial charge in [-0.25, -0.2) is 9.89 Å². The summed E-state index contributed by atoms with van der Waals surface area (Å²) in [6, 6.07) is 8.12. The second kappa shape index (κ2) is 5.01. The van der Waals surface area contributed by atoms with Crippen LogP contribution in [0, 0.1) is 0 Å². The van der Waals surface area contributed by atoms with Crippen molar-refractivity contribution in [1.82, 2.24) is 10.2 Å². The van der Waals surface area contributed by atoms with E-state index in [0.717, 1.165) is 10.5 Å². The molecule has 0 aliphatic carbocycles. The molecule has 6 nitrogen and oxygen atoms in total. The van der Waals surface area contributed by atoms with Gasteiger partial charge in [0.1, 0.15) is 5.56 Å². The van der Waals surface area contributed by atoms with Crippen molar-refractivity contribution >= 4 is 33.4 Å².